The molecule has 2 unspecified atom stereocenters. The first-order chi connectivity index (χ1) is 13.6. The van der Waals surface area contributed by atoms with Crippen molar-refractivity contribution in [2.45, 2.75) is 49.2 Å². The van der Waals surface area contributed by atoms with E-state index in [-0.39, 0.29) is 29.6 Å². The lowest BCUT2D eigenvalue weighted by Crippen LogP contribution is -2.40. The Morgan fingerprint density at radius 1 is 1.39 bits per heavy atom. The van der Waals surface area contributed by atoms with Crippen LogP contribution in [0.5, 0.6) is 0 Å². The Kier molecular flexibility index (Phi) is 5.58. The summed E-state index contributed by atoms with van der Waals surface area (Å²) in [6.45, 7) is 0. The van der Waals surface area contributed by atoms with Crippen LogP contribution in [0.3, 0.4) is 0 Å². The minimum absolute atomic E-state index is 0.0572. The van der Waals surface area contributed by atoms with Gasteiger partial charge < -0.3 is 5.32 Å². The highest BCUT2D eigenvalue weighted by molar-refractivity contribution is 7.99. The van der Waals surface area contributed by atoms with Gasteiger partial charge in [0.25, 0.3) is 0 Å². The Labute approximate surface area is 164 Å². The Morgan fingerprint density at radius 3 is 3.11 bits per heavy atom. The first kappa shape index (κ1) is 18.9. The third-order valence-corrected chi connectivity index (χ3v) is 6.08. The van der Waals surface area contributed by atoms with Crippen molar-refractivity contribution in [3.8, 4) is 0 Å². The van der Waals surface area contributed by atoms with Gasteiger partial charge in [-0.25, -0.2) is 9.02 Å². The lowest BCUT2D eigenvalue weighted by Gasteiger charge is -2.22. The Bertz CT molecular complexity index is 903. The minimum atomic E-state index is -0.312. The molecule has 0 saturated carbocycles. The van der Waals surface area contributed by atoms with Crippen LogP contribution in [0.1, 0.15) is 48.5 Å². The van der Waals surface area contributed by atoms with Crippen molar-refractivity contribution in [2.75, 3.05) is 5.75 Å². The SMILES string of the molecule is O=C1CCCC(CSc2nonc2C(=NC2CCc3ccc(F)cc32)NO)N1. The molecule has 3 N–H and O–H groups in total. The van der Waals surface area contributed by atoms with Crippen LogP contribution < -0.4 is 10.8 Å². The van der Waals surface area contributed by atoms with Gasteiger partial charge in [-0.3, -0.25) is 20.5 Å². The number of thioether (sulfide) groups is 1. The number of amides is 1. The van der Waals surface area contributed by atoms with E-state index in [1.165, 1.54) is 23.9 Å². The van der Waals surface area contributed by atoms with Crippen molar-refractivity contribution in [1.82, 2.24) is 21.1 Å². The summed E-state index contributed by atoms with van der Waals surface area (Å²) in [7, 11) is 0. The summed E-state index contributed by atoms with van der Waals surface area (Å²) < 4.78 is 18.5. The predicted octanol–water partition coefficient (Wildman–Crippen LogP) is 2.38. The highest BCUT2D eigenvalue weighted by Gasteiger charge is 2.26. The molecule has 1 fully saturated rings. The molecule has 0 bridgehead atoms. The number of carbonyl (C=O) groups is 1. The number of halogens is 1. The third kappa shape index (κ3) is 4.02. The largest absolute Gasteiger partial charge is 0.353 e. The van der Waals surface area contributed by atoms with E-state index >= 15 is 0 Å². The van der Waals surface area contributed by atoms with Gasteiger partial charge in [0.2, 0.25) is 5.91 Å². The van der Waals surface area contributed by atoms with Gasteiger partial charge in [0.15, 0.2) is 16.6 Å². The second-order valence-electron chi connectivity index (χ2n) is 6.87. The molecule has 1 amide bonds. The highest BCUT2D eigenvalue weighted by atomic mass is 32.2. The molecule has 10 heteroatoms. The molecule has 2 aliphatic rings. The molecule has 8 nitrogen and oxygen atoms in total. The molecule has 4 rings (SSSR count). The third-order valence-electron chi connectivity index (χ3n) is 4.97. The maximum Gasteiger partial charge on any atom is 0.220 e. The van der Waals surface area contributed by atoms with E-state index in [1.54, 1.807) is 6.07 Å². The Balaban J connectivity index is 1.50. The molecule has 2 heterocycles. The topological polar surface area (TPSA) is 113 Å². The molecule has 0 radical (unpaired) electrons. The van der Waals surface area contributed by atoms with Gasteiger partial charge in [0, 0.05) is 18.2 Å². The smallest absolute Gasteiger partial charge is 0.220 e. The molecule has 1 aliphatic heterocycles. The molecule has 0 spiro atoms. The van der Waals surface area contributed by atoms with Crippen molar-refractivity contribution in [3.63, 3.8) is 0 Å². The number of piperidine rings is 1. The lowest BCUT2D eigenvalue weighted by molar-refractivity contribution is -0.123. The van der Waals surface area contributed by atoms with Crippen molar-refractivity contribution in [3.05, 3.63) is 40.8 Å². The van der Waals surface area contributed by atoms with E-state index in [0.717, 1.165) is 30.4 Å². The zero-order valence-corrected chi connectivity index (χ0v) is 15.8. The summed E-state index contributed by atoms with van der Waals surface area (Å²) in [5.74, 6) is 0.483. The number of nitrogens with zero attached hydrogens (tertiary/aromatic N) is 3. The normalized spacial score (nSPS) is 22.1. The average Bonchev–Trinajstić information content (AvgIpc) is 3.31. The summed E-state index contributed by atoms with van der Waals surface area (Å²) in [4.78, 5) is 16.0. The lowest BCUT2D eigenvalue weighted by atomic mass is 10.1. The molecule has 1 saturated heterocycles. The number of fused-ring (bicyclic) bond motifs is 1. The van der Waals surface area contributed by atoms with E-state index < -0.39 is 0 Å². The minimum Gasteiger partial charge on any atom is -0.353 e. The molecular weight excluding hydrogens is 385 g/mol. The van der Waals surface area contributed by atoms with E-state index in [9.17, 15) is 14.4 Å². The van der Waals surface area contributed by atoms with Crippen LogP contribution >= 0.6 is 11.8 Å². The van der Waals surface area contributed by atoms with Gasteiger partial charge in [0.1, 0.15) is 5.82 Å². The summed E-state index contributed by atoms with van der Waals surface area (Å²) >= 11 is 1.38. The second kappa shape index (κ2) is 8.27. The fourth-order valence-corrected chi connectivity index (χ4v) is 4.56. The molecule has 1 aromatic carbocycles. The molecule has 1 aromatic heterocycles. The maximum atomic E-state index is 13.6. The van der Waals surface area contributed by atoms with Crippen LogP contribution in [0, 0.1) is 5.82 Å². The van der Waals surface area contributed by atoms with Crippen molar-refractivity contribution >= 4 is 23.5 Å². The predicted molar refractivity (Wildman–Crippen MR) is 99.7 cm³/mol. The standard InChI is InChI=1S/C18H20FN5O3S/c19-11-6-4-10-5-7-14(13(10)8-11)21-17(22-26)16-18(24-27-23-16)28-9-12-2-1-3-15(25)20-12/h4,6,8,12,14,26H,1-3,5,7,9H2,(H,20,25)(H,21,22). The van der Waals surface area contributed by atoms with Gasteiger partial charge in [-0.05, 0) is 59.3 Å². The number of aliphatic imine (C=N–C) groups is 1. The second-order valence-corrected chi connectivity index (χ2v) is 7.88. The molecule has 1 aliphatic carbocycles. The molecule has 2 aromatic rings. The highest BCUT2D eigenvalue weighted by Crippen LogP contribution is 2.35. The number of hydrogen-bond donors (Lipinski definition) is 3. The fraction of sp³-hybridized carbons (Fsp3) is 0.444. The number of aromatic nitrogens is 2. The Hall–Kier alpha value is -2.46. The molecular formula is C18H20FN5O3S. The zero-order chi connectivity index (χ0) is 19.5. The number of carbonyl (C=O) groups excluding carboxylic acids is 1. The van der Waals surface area contributed by atoms with Crippen LogP contribution in [0.2, 0.25) is 0 Å². The molecule has 148 valence electrons. The zero-order valence-electron chi connectivity index (χ0n) is 15.0. The average molecular weight is 405 g/mol. The summed E-state index contributed by atoms with van der Waals surface area (Å²) in [5.41, 5.74) is 4.22. The number of hydrogen-bond acceptors (Lipinski definition) is 7. The number of aryl methyl sites for hydroxylation is 1. The molecule has 2 atom stereocenters. The summed E-state index contributed by atoms with van der Waals surface area (Å²) in [5, 5.41) is 20.8. The van der Waals surface area contributed by atoms with Crippen LogP contribution in [-0.4, -0.2) is 39.1 Å². The van der Waals surface area contributed by atoms with Gasteiger partial charge in [0.05, 0.1) is 6.04 Å². The number of hydroxylamine groups is 1. The van der Waals surface area contributed by atoms with E-state index in [0.29, 0.717) is 29.3 Å². The monoisotopic (exact) mass is 405 g/mol. The number of nitrogens with one attached hydrogen (secondary N) is 2. The summed E-state index contributed by atoms with van der Waals surface area (Å²) in [6, 6.07) is 4.46. The number of rotatable bonds is 5. The first-order valence-corrected chi connectivity index (χ1v) is 10.1. The van der Waals surface area contributed by atoms with Crippen LogP contribution in [0.15, 0.2) is 32.8 Å². The van der Waals surface area contributed by atoms with Crippen LogP contribution in [-0.2, 0) is 11.2 Å². The van der Waals surface area contributed by atoms with E-state index in [2.05, 4.69) is 26.1 Å². The van der Waals surface area contributed by atoms with E-state index in [1.807, 2.05) is 0 Å². The van der Waals surface area contributed by atoms with Crippen LogP contribution in [0.25, 0.3) is 0 Å². The van der Waals surface area contributed by atoms with Gasteiger partial charge in [-0.1, -0.05) is 17.8 Å². The van der Waals surface area contributed by atoms with E-state index in [4.69, 9.17) is 4.63 Å². The maximum absolute atomic E-state index is 13.6. The number of amidine groups is 1. The Morgan fingerprint density at radius 2 is 2.29 bits per heavy atom. The number of benzene rings is 1. The van der Waals surface area contributed by atoms with Crippen molar-refractivity contribution < 1.29 is 19.0 Å². The molecule has 28 heavy (non-hydrogen) atoms. The van der Waals surface area contributed by atoms with Crippen molar-refractivity contribution in [2.24, 2.45) is 4.99 Å². The van der Waals surface area contributed by atoms with Crippen LogP contribution in [0.4, 0.5) is 4.39 Å². The van der Waals surface area contributed by atoms with Gasteiger partial charge >= 0.3 is 0 Å². The summed E-state index contributed by atoms with van der Waals surface area (Å²) in [6.07, 6.45) is 3.84. The fourth-order valence-electron chi connectivity index (χ4n) is 3.59. The van der Waals surface area contributed by atoms with Crippen molar-refractivity contribution in [1.29, 1.82) is 0 Å². The van der Waals surface area contributed by atoms with Gasteiger partial charge in [-0.15, -0.1) is 0 Å². The van der Waals surface area contributed by atoms with Gasteiger partial charge in [-0.2, -0.15) is 0 Å². The first-order valence-electron chi connectivity index (χ1n) is 9.15. The quantitative estimate of drug-likeness (QED) is 0.303.